The van der Waals surface area contributed by atoms with Crippen LogP contribution in [0.1, 0.15) is 31.4 Å². The van der Waals surface area contributed by atoms with Gasteiger partial charge in [-0.3, -0.25) is 0 Å². The average Bonchev–Trinajstić information content (AvgIpc) is 3.32. The van der Waals surface area contributed by atoms with Crippen LogP contribution in [-0.4, -0.2) is 39.1 Å². The van der Waals surface area contributed by atoms with E-state index in [0.717, 1.165) is 47.8 Å². The Labute approximate surface area is 146 Å². The van der Waals surface area contributed by atoms with Gasteiger partial charge < -0.3 is 16.0 Å². The van der Waals surface area contributed by atoms with E-state index in [1.165, 1.54) is 25.7 Å². The van der Waals surface area contributed by atoms with E-state index in [2.05, 4.69) is 26.3 Å². The smallest absolute Gasteiger partial charge is 0.226 e. The van der Waals surface area contributed by atoms with E-state index in [9.17, 15) is 0 Å². The highest BCUT2D eigenvalue weighted by Crippen LogP contribution is 2.51. The predicted molar refractivity (Wildman–Crippen MR) is 93.7 cm³/mol. The SMILES string of the molecule is Nc1ncc(-c2cc(C34CC(CN3)C4)nc(N3CC4CC3C4)n2)cn1. The molecule has 7 heteroatoms. The van der Waals surface area contributed by atoms with Gasteiger partial charge in [-0.05, 0) is 50.1 Å². The maximum atomic E-state index is 5.64. The van der Waals surface area contributed by atoms with Crippen LogP contribution in [0.25, 0.3) is 11.3 Å². The van der Waals surface area contributed by atoms with Crippen LogP contribution in [0.4, 0.5) is 11.9 Å². The first kappa shape index (κ1) is 13.9. The Morgan fingerprint density at radius 2 is 1.92 bits per heavy atom. The van der Waals surface area contributed by atoms with Crippen molar-refractivity contribution in [2.24, 2.45) is 11.8 Å². The molecular formula is C18H21N7. The van der Waals surface area contributed by atoms with Crippen molar-refractivity contribution in [2.45, 2.75) is 37.3 Å². The third-order valence-corrected chi connectivity index (χ3v) is 6.54. The number of rotatable bonds is 3. The molecular weight excluding hydrogens is 314 g/mol. The summed E-state index contributed by atoms with van der Waals surface area (Å²) in [6, 6.07) is 2.74. The molecule has 2 saturated carbocycles. The highest BCUT2D eigenvalue weighted by molar-refractivity contribution is 5.61. The third kappa shape index (κ3) is 1.96. The van der Waals surface area contributed by atoms with Crippen LogP contribution in [0, 0.1) is 11.8 Å². The predicted octanol–water partition coefficient (Wildman–Crippen LogP) is 1.32. The number of anilines is 2. The molecule has 25 heavy (non-hydrogen) atoms. The number of nitrogens with zero attached hydrogens (tertiary/aromatic N) is 5. The van der Waals surface area contributed by atoms with Crippen molar-refractivity contribution in [3.63, 3.8) is 0 Å². The van der Waals surface area contributed by atoms with Crippen LogP contribution in [-0.2, 0) is 5.54 Å². The number of hydrogen-bond acceptors (Lipinski definition) is 7. The quantitative estimate of drug-likeness (QED) is 0.874. The molecule has 3 N–H and O–H groups in total. The van der Waals surface area contributed by atoms with Crippen molar-refractivity contribution in [3.8, 4) is 11.3 Å². The Kier molecular flexibility index (Phi) is 2.60. The summed E-state index contributed by atoms with van der Waals surface area (Å²) in [6.07, 6.45) is 8.47. The Morgan fingerprint density at radius 1 is 1.12 bits per heavy atom. The molecule has 6 fully saturated rings. The van der Waals surface area contributed by atoms with Gasteiger partial charge in [-0.25, -0.2) is 19.9 Å². The van der Waals surface area contributed by atoms with E-state index in [1.54, 1.807) is 12.4 Å². The Balaban J connectivity index is 1.46. The lowest BCUT2D eigenvalue weighted by molar-refractivity contribution is 0.222. The van der Waals surface area contributed by atoms with Gasteiger partial charge in [0.2, 0.25) is 11.9 Å². The van der Waals surface area contributed by atoms with Crippen molar-refractivity contribution >= 4 is 11.9 Å². The highest BCUT2D eigenvalue weighted by Gasteiger charge is 2.53. The third-order valence-electron chi connectivity index (χ3n) is 6.54. The van der Waals surface area contributed by atoms with Gasteiger partial charge in [-0.1, -0.05) is 0 Å². The zero-order chi connectivity index (χ0) is 16.6. The number of aromatic nitrogens is 4. The minimum Gasteiger partial charge on any atom is -0.368 e. The van der Waals surface area contributed by atoms with Gasteiger partial charge in [0.1, 0.15) is 0 Å². The van der Waals surface area contributed by atoms with Crippen molar-refractivity contribution < 1.29 is 0 Å². The number of nitrogens with two attached hydrogens (primary N) is 1. The summed E-state index contributed by atoms with van der Waals surface area (Å²) in [5, 5.41) is 3.69. The van der Waals surface area contributed by atoms with Crippen LogP contribution in [0.3, 0.4) is 0 Å². The van der Waals surface area contributed by atoms with Gasteiger partial charge in [0.25, 0.3) is 0 Å². The first-order chi connectivity index (χ1) is 12.2. The Hall–Kier alpha value is -2.28. The van der Waals surface area contributed by atoms with E-state index in [-0.39, 0.29) is 11.5 Å². The number of nitrogen functional groups attached to an aromatic ring is 1. The fourth-order valence-corrected chi connectivity index (χ4v) is 5.06. The van der Waals surface area contributed by atoms with Crippen LogP contribution in [0.5, 0.6) is 0 Å². The van der Waals surface area contributed by atoms with Crippen LogP contribution in [0.2, 0.25) is 0 Å². The highest BCUT2D eigenvalue weighted by atomic mass is 15.3. The normalized spacial score (nSPS) is 34.7. The average molecular weight is 335 g/mol. The van der Waals surface area contributed by atoms with Gasteiger partial charge in [0, 0.05) is 30.5 Å². The molecule has 2 aromatic heterocycles. The molecule has 0 radical (unpaired) electrons. The second kappa shape index (κ2) is 4.66. The Bertz CT molecular complexity index is 831. The number of fused-ring (bicyclic) bond motifs is 2. The van der Waals surface area contributed by atoms with Gasteiger partial charge >= 0.3 is 0 Å². The number of nitrogens with one attached hydrogen (secondary N) is 1. The summed E-state index contributed by atoms with van der Waals surface area (Å²) in [4.78, 5) is 20.6. The zero-order valence-electron chi connectivity index (χ0n) is 14.0. The number of hydrogen-bond donors (Lipinski definition) is 2. The molecule has 0 spiro atoms. The molecule has 0 unspecified atom stereocenters. The lowest BCUT2D eigenvalue weighted by Crippen LogP contribution is -2.41. The van der Waals surface area contributed by atoms with Gasteiger partial charge in [0.05, 0.1) is 16.9 Å². The molecule has 128 valence electrons. The van der Waals surface area contributed by atoms with E-state index >= 15 is 0 Å². The molecule has 2 aromatic rings. The van der Waals surface area contributed by atoms with E-state index in [4.69, 9.17) is 15.7 Å². The molecule has 0 amide bonds. The van der Waals surface area contributed by atoms with Crippen LogP contribution >= 0.6 is 0 Å². The molecule has 0 aromatic carbocycles. The van der Waals surface area contributed by atoms with Crippen molar-refractivity contribution in [3.05, 3.63) is 24.2 Å². The minimum absolute atomic E-state index is 0.0500. The van der Waals surface area contributed by atoms with Gasteiger partial charge in [-0.15, -0.1) is 0 Å². The summed E-state index contributed by atoms with van der Waals surface area (Å²) < 4.78 is 0. The summed E-state index contributed by atoms with van der Waals surface area (Å²) in [7, 11) is 0. The Morgan fingerprint density at radius 3 is 2.56 bits per heavy atom. The second-order valence-electron chi connectivity index (χ2n) is 8.15. The summed E-state index contributed by atoms with van der Waals surface area (Å²) >= 11 is 0. The first-order valence-electron chi connectivity index (χ1n) is 9.18. The monoisotopic (exact) mass is 335 g/mol. The topological polar surface area (TPSA) is 92.8 Å². The van der Waals surface area contributed by atoms with Crippen molar-refractivity contribution in [1.29, 1.82) is 0 Å². The van der Waals surface area contributed by atoms with Gasteiger partial charge in [-0.2, -0.15) is 0 Å². The standard InChI is InChI=1S/C18H21N7/c19-16-20-7-12(8-21-16)14-3-15(18-4-11(5-18)6-22-18)24-17(23-14)25-9-10-1-13(25)2-10/h3,7-8,10-11,13,22H,1-2,4-6,9H2,(H2,19,20,21). The molecule has 4 saturated heterocycles. The molecule has 8 rings (SSSR count). The molecule has 7 nitrogen and oxygen atoms in total. The lowest BCUT2D eigenvalue weighted by atomic mass is 9.71. The molecule has 6 heterocycles. The largest absolute Gasteiger partial charge is 0.368 e. The molecule has 0 atom stereocenters. The second-order valence-corrected chi connectivity index (χ2v) is 8.15. The lowest BCUT2D eigenvalue weighted by Gasteiger charge is -2.37. The molecule has 2 aliphatic carbocycles. The molecule has 6 aliphatic rings. The van der Waals surface area contributed by atoms with Crippen molar-refractivity contribution in [2.75, 3.05) is 23.7 Å². The first-order valence-corrected chi connectivity index (χ1v) is 9.18. The summed E-state index contributed by atoms with van der Waals surface area (Å²) in [6.45, 7) is 2.20. The summed E-state index contributed by atoms with van der Waals surface area (Å²) in [5.41, 5.74) is 8.62. The maximum absolute atomic E-state index is 5.64. The van der Waals surface area contributed by atoms with Crippen LogP contribution < -0.4 is 16.0 Å². The minimum atomic E-state index is 0.0500. The van der Waals surface area contributed by atoms with E-state index in [0.29, 0.717) is 6.04 Å². The van der Waals surface area contributed by atoms with Gasteiger partial charge in [0.15, 0.2) is 0 Å². The van der Waals surface area contributed by atoms with Crippen LogP contribution in [0.15, 0.2) is 18.5 Å². The molecule has 4 bridgehead atoms. The molecule has 4 aliphatic heterocycles. The van der Waals surface area contributed by atoms with Crippen molar-refractivity contribution in [1.82, 2.24) is 25.3 Å². The fraction of sp³-hybridized carbons (Fsp3) is 0.556. The zero-order valence-corrected chi connectivity index (χ0v) is 14.0. The van der Waals surface area contributed by atoms with E-state index in [1.807, 2.05) is 0 Å². The summed E-state index contributed by atoms with van der Waals surface area (Å²) in [5.74, 6) is 2.80. The van der Waals surface area contributed by atoms with E-state index < -0.39 is 0 Å². The fourth-order valence-electron chi connectivity index (χ4n) is 5.06. The maximum Gasteiger partial charge on any atom is 0.226 e.